The van der Waals surface area contributed by atoms with Crippen molar-refractivity contribution in [2.45, 2.75) is 0 Å². The highest BCUT2D eigenvalue weighted by atomic mass is 35.5. The van der Waals surface area contributed by atoms with Crippen molar-refractivity contribution in [1.29, 1.82) is 0 Å². The van der Waals surface area contributed by atoms with E-state index < -0.39 is 0 Å². The average molecular weight is 199 g/mol. The molecule has 13 heavy (non-hydrogen) atoms. The second-order valence-electron chi connectivity index (χ2n) is 2.51. The lowest BCUT2D eigenvalue weighted by Gasteiger charge is -1.99. The van der Waals surface area contributed by atoms with E-state index in [-0.39, 0.29) is 6.79 Å². The summed E-state index contributed by atoms with van der Waals surface area (Å²) in [5.41, 5.74) is 0.716. The topological polar surface area (TPSA) is 56.8 Å². The lowest BCUT2D eigenvalue weighted by molar-refractivity contribution is 0.174. The van der Waals surface area contributed by atoms with Gasteiger partial charge in [0.1, 0.15) is 0 Å². The van der Waals surface area contributed by atoms with Crippen LogP contribution in [0.5, 0.6) is 11.5 Å². The molecule has 1 aliphatic heterocycles. The molecule has 2 N–H and O–H groups in total. The number of nitrogens with two attached hydrogens (primary N) is 1. The number of nitrogens with zero attached hydrogens (tertiary/aromatic N) is 1. The summed E-state index contributed by atoms with van der Waals surface area (Å²) in [6.07, 6.45) is 1.46. The van der Waals surface area contributed by atoms with Crippen LogP contribution in [0.4, 0.5) is 0 Å². The van der Waals surface area contributed by atoms with Crippen LogP contribution in [-0.4, -0.2) is 13.0 Å². The molecule has 0 aromatic heterocycles. The number of benzene rings is 1. The van der Waals surface area contributed by atoms with E-state index in [0.29, 0.717) is 22.1 Å². The lowest BCUT2D eigenvalue weighted by Crippen LogP contribution is -1.92. The minimum Gasteiger partial charge on any atom is -0.454 e. The van der Waals surface area contributed by atoms with E-state index in [1.54, 1.807) is 12.1 Å². The first kappa shape index (κ1) is 8.19. The van der Waals surface area contributed by atoms with Crippen LogP contribution in [0, 0.1) is 0 Å². The van der Waals surface area contributed by atoms with Gasteiger partial charge in [-0.2, -0.15) is 5.10 Å². The maximum absolute atomic E-state index is 5.90. The van der Waals surface area contributed by atoms with E-state index in [1.807, 2.05) is 0 Å². The van der Waals surface area contributed by atoms with Crippen LogP contribution in [-0.2, 0) is 0 Å². The summed E-state index contributed by atoms with van der Waals surface area (Å²) < 4.78 is 10.3. The van der Waals surface area contributed by atoms with Crippen molar-refractivity contribution in [3.05, 3.63) is 22.7 Å². The first-order chi connectivity index (χ1) is 6.31. The molecular formula is C8H7ClN2O2. The van der Waals surface area contributed by atoms with Crippen LogP contribution in [0.15, 0.2) is 17.2 Å². The Morgan fingerprint density at radius 3 is 2.77 bits per heavy atom. The fourth-order valence-corrected chi connectivity index (χ4v) is 1.31. The Balaban J connectivity index is 2.49. The van der Waals surface area contributed by atoms with Gasteiger partial charge in [-0.3, -0.25) is 0 Å². The Labute approximate surface area is 79.9 Å². The Morgan fingerprint density at radius 2 is 2.08 bits per heavy atom. The molecule has 0 unspecified atom stereocenters. The fraction of sp³-hybridized carbons (Fsp3) is 0.125. The Kier molecular flexibility index (Phi) is 1.98. The summed E-state index contributed by atoms with van der Waals surface area (Å²) >= 11 is 5.90. The fourth-order valence-electron chi connectivity index (χ4n) is 1.11. The molecule has 0 atom stereocenters. The molecule has 0 spiro atoms. The number of hydrogen-bond donors (Lipinski definition) is 1. The average Bonchev–Trinajstić information content (AvgIpc) is 2.52. The molecule has 1 aliphatic rings. The van der Waals surface area contributed by atoms with Gasteiger partial charge in [-0.05, 0) is 6.07 Å². The van der Waals surface area contributed by atoms with Crippen LogP contribution in [0.1, 0.15) is 5.56 Å². The highest BCUT2D eigenvalue weighted by Gasteiger charge is 2.15. The van der Waals surface area contributed by atoms with E-state index in [1.165, 1.54) is 6.21 Å². The molecule has 0 bridgehead atoms. The number of rotatable bonds is 1. The first-order valence-electron chi connectivity index (χ1n) is 3.63. The summed E-state index contributed by atoms with van der Waals surface area (Å²) in [7, 11) is 0. The lowest BCUT2D eigenvalue weighted by atomic mass is 10.2. The summed E-state index contributed by atoms with van der Waals surface area (Å²) in [5.74, 6) is 6.33. The molecule has 0 aliphatic carbocycles. The highest BCUT2D eigenvalue weighted by molar-refractivity contribution is 6.33. The van der Waals surface area contributed by atoms with Gasteiger partial charge in [-0.25, -0.2) is 0 Å². The predicted molar refractivity (Wildman–Crippen MR) is 49.4 cm³/mol. The third-order valence-corrected chi connectivity index (χ3v) is 2.03. The number of hydrogen-bond acceptors (Lipinski definition) is 4. The van der Waals surface area contributed by atoms with Gasteiger partial charge in [-0.15, -0.1) is 0 Å². The van der Waals surface area contributed by atoms with Gasteiger partial charge in [-0.1, -0.05) is 11.6 Å². The van der Waals surface area contributed by atoms with Crippen LogP contribution in [0.25, 0.3) is 0 Å². The molecule has 5 heteroatoms. The Bertz CT molecular complexity index is 365. The molecule has 0 fully saturated rings. The van der Waals surface area contributed by atoms with Crippen LogP contribution in [0.2, 0.25) is 5.02 Å². The highest BCUT2D eigenvalue weighted by Crippen LogP contribution is 2.36. The van der Waals surface area contributed by atoms with Crippen molar-refractivity contribution >= 4 is 17.8 Å². The van der Waals surface area contributed by atoms with Gasteiger partial charge < -0.3 is 15.3 Å². The second kappa shape index (κ2) is 3.14. The molecule has 68 valence electrons. The van der Waals surface area contributed by atoms with Crippen LogP contribution < -0.4 is 15.3 Å². The number of fused-ring (bicyclic) bond motifs is 1. The zero-order valence-corrected chi connectivity index (χ0v) is 7.41. The molecule has 0 amide bonds. The summed E-state index contributed by atoms with van der Waals surface area (Å²) in [6.45, 7) is 0.231. The smallest absolute Gasteiger partial charge is 0.231 e. The number of halogens is 1. The quantitative estimate of drug-likeness (QED) is 0.421. The molecule has 1 aromatic carbocycles. The van der Waals surface area contributed by atoms with E-state index >= 15 is 0 Å². The normalized spacial score (nSPS) is 13.9. The van der Waals surface area contributed by atoms with Crippen molar-refractivity contribution in [3.8, 4) is 11.5 Å². The van der Waals surface area contributed by atoms with Crippen molar-refractivity contribution in [2.75, 3.05) is 6.79 Å². The Hall–Kier alpha value is -1.42. The van der Waals surface area contributed by atoms with E-state index in [0.717, 1.165) is 0 Å². The standard InChI is InChI=1S/C8H7ClN2O2/c9-6-2-8-7(12-4-13-8)1-5(6)3-11-10/h1-3H,4,10H2. The molecule has 0 saturated heterocycles. The van der Waals surface area contributed by atoms with E-state index in [2.05, 4.69) is 5.10 Å². The largest absolute Gasteiger partial charge is 0.454 e. The minimum atomic E-state index is 0.231. The SMILES string of the molecule is NN=Cc1cc2c(cc1Cl)OCO2. The van der Waals surface area contributed by atoms with Crippen molar-refractivity contribution in [1.82, 2.24) is 0 Å². The van der Waals surface area contributed by atoms with Gasteiger partial charge in [0.05, 0.1) is 11.2 Å². The predicted octanol–water partition coefficient (Wildman–Crippen LogP) is 1.36. The van der Waals surface area contributed by atoms with Gasteiger partial charge in [0.15, 0.2) is 11.5 Å². The van der Waals surface area contributed by atoms with Crippen LogP contribution >= 0.6 is 11.6 Å². The maximum Gasteiger partial charge on any atom is 0.231 e. The molecule has 4 nitrogen and oxygen atoms in total. The third-order valence-electron chi connectivity index (χ3n) is 1.71. The van der Waals surface area contributed by atoms with Gasteiger partial charge in [0.2, 0.25) is 6.79 Å². The molecule has 0 saturated carbocycles. The molecule has 1 aromatic rings. The van der Waals surface area contributed by atoms with Gasteiger partial charge in [0, 0.05) is 11.6 Å². The van der Waals surface area contributed by atoms with E-state index in [9.17, 15) is 0 Å². The monoisotopic (exact) mass is 198 g/mol. The van der Waals surface area contributed by atoms with Crippen LogP contribution in [0.3, 0.4) is 0 Å². The van der Waals surface area contributed by atoms with Crippen molar-refractivity contribution in [3.63, 3.8) is 0 Å². The molecule has 2 rings (SSSR count). The second-order valence-corrected chi connectivity index (χ2v) is 2.91. The maximum atomic E-state index is 5.90. The molecule has 1 heterocycles. The summed E-state index contributed by atoms with van der Waals surface area (Å²) in [5, 5.41) is 3.93. The third kappa shape index (κ3) is 1.40. The zero-order chi connectivity index (χ0) is 9.26. The van der Waals surface area contributed by atoms with Crippen molar-refractivity contribution in [2.24, 2.45) is 10.9 Å². The minimum absolute atomic E-state index is 0.231. The van der Waals surface area contributed by atoms with E-state index in [4.69, 9.17) is 26.9 Å². The number of hydrazone groups is 1. The number of ether oxygens (including phenoxy) is 2. The van der Waals surface area contributed by atoms with Crippen molar-refractivity contribution < 1.29 is 9.47 Å². The van der Waals surface area contributed by atoms with Gasteiger partial charge in [0.25, 0.3) is 0 Å². The Morgan fingerprint density at radius 1 is 1.38 bits per heavy atom. The summed E-state index contributed by atoms with van der Waals surface area (Å²) in [6, 6.07) is 3.42. The van der Waals surface area contributed by atoms with Gasteiger partial charge >= 0.3 is 0 Å². The first-order valence-corrected chi connectivity index (χ1v) is 4.01. The molecule has 0 radical (unpaired) electrons. The summed E-state index contributed by atoms with van der Waals surface area (Å²) in [4.78, 5) is 0. The molecular weight excluding hydrogens is 192 g/mol. The zero-order valence-electron chi connectivity index (χ0n) is 6.66.